The highest BCUT2D eigenvalue weighted by Gasteiger charge is 2.14. The average molecular weight is 259 g/mol. The van der Waals surface area contributed by atoms with Gasteiger partial charge in [-0.2, -0.15) is 0 Å². The predicted molar refractivity (Wildman–Crippen MR) is 82.3 cm³/mol. The molecule has 2 rings (SSSR count). The summed E-state index contributed by atoms with van der Waals surface area (Å²) in [5, 5.41) is 4.92. The van der Waals surface area contributed by atoms with Gasteiger partial charge in [0.15, 0.2) is 0 Å². The minimum absolute atomic E-state index is 0.417. The van der Waals surface area contributed by atoms with Gasteiger partial charge in [-0.05, 0) is 36.9 Å². The highest BCUT2D eigenvalue weighted by Crippen LogP contribution is 2.32. The molecule has 0 aliphatic carbocycles. The maximum absolute atomic E-state index is 4.14. The Kier molecular flexibility index (Phi) is 4.56. The van der Waals surface area contributed by atoms with Crippen LogP contribution in [-0.2, 0) is 0 Å². The standard InChI is InChI=1S/C16H21NS/c1-4-12(3)10-14(17-5-2)16-11-13-8-6-7-9-15(13)18-16/h6-9,11,14,17H,3-5,10H2,1-2H3. The van der Waals surface area contributed by atoms with Gasteiger partial charge in [-0.25, -0.2) is 0 Å². The lowest BCUT2D eigenvalue weighted by Gasteiger charge is -2.17. The number of thiophene rings is 1. The molecule has 0 amide bonds. The second-order valence-corrected chi connectivity index (χ2v) is 5.72. The molecule has 0 spiro atoms. The molecule has 0 aliphatic heterocycles. The van der Waals surface area contributed by atoms with E-state index in [-0.39, 0.29) is 0 Å². The summed E-state index contributed by atoms with van der Waals surface area (Å²) in [6.07, 6.45) is 2.10. The summed E-state index contributed by atoms with van der Waals surface area (Å²) < 4.78 is 1.37. The van der Waals surface area contributed by atoms with E-state index in [1.807, 2.05) is 11.3 Å². The van der Waals surface area contributed by atoms with Gasteiger partial charge >= 0.3 is 0 Å². The van der Waals surface area contributed by atoms with Crippen molar-refractivity contribution < 1.29 is 0 Å². The molecule has 1 aromatic carbocycles. The lowest BCUT2D eigenvalue weighted by molar-refractivity contribution is 0.551. The van der Waals surface area contributed by atoms with E-state index in [4.69, 9.17) is 0 Å². The molecule has 0 bridgehead atoms. The number of rotatable bonds is 6. The number of fused-ring (bicyclic) bond motifs is 1. The normalized spacial score (nSPS) is 12.8. The van der Waals surface area contributed by atoms with Gasteiger partial charge in [0.2, 0.25) is 0 Å². The number of hydrogen-bond acceptors (Lipinski definition) is 2. The van der Waals surface area contributed by atoms with Crippen LogP contribution < -0.4 is 5.32 Å². The second-order valence-electron chi connectivity index (χ2n) is 4.60. The number of nitrogens with one attached hydrogen (secondary N) is 1. The zero-order valence-electron chi connectivity index (χ0n) is 11.2. The third-order valence-electron chi connectivity index (χ3n) is 3.23. The summed E-state index contributed by atoms with van der Waals surface area (Å²) in [4.78, 5) is 1.42. The smallest absolute Gasteiger partial charge is 0.0452 e. The van der Waals surface area contributed by atoms with Crippen molar-refractivity contribution in [3.8, 4) is 0 Å². The number of hydrogen-bond donors (Lipinski definition) is 1. The molecular weight excluding hydrogens is 238 g/mol. The van der Waals surface area contributed by atoms with E-state index in [2.05, 4.69) is 56.1 Å². The Morgan fingerprint density at radius 2 is 2.11 bits per heavy atom. The molecule has 1 heterocycles. The molecule has 1 aromatic heterocycles. The quantitative estimate of drug-likeness (QED) is 0.727. The molecule has 0 saturated heterocycles. The van der Waals surface area contributed by atoms with Crippen LogP contribution in [0.1, 0.15) is 37.6 Å². The summed E-state index contributed by atoms with van der Waals surface area (Å²) in [6, 6.07) is 11.3. The SMILES string of the molecule is C=C(CC)CC(NCC)c1cc2ccccc2s1. The van der Waals surface area contributed by atoms with Gasteiger partial charge in [0.1, 0.15) is 0 Å². The van der Waals surface area contributed by atoms with E-state index in [9.17, 15) is 0 Å². The van der Waals surface area contributed by atoms with Crippen LogP contribution in [0.3, 0.4) is 0 Å². The maximum atomic E-state index is 4.14. The first kappa shape index (κ1) is 13.3. The molecule has 2 aromatic rings. The van der Waals surface area contributed by atoms with Gasteiger partial charge in [-0.1, -0.05) is 44.2 Å². The first-order valence-electron chi connectivity index (χ1n) is 6.63. The molecule has 18 heavy (non-hydrogen) atoms. The number of benzene rings is 1. The van der Waals surface area contributed by atoms with Gasteiger partial charge < -0.3 is 5.32 Å². The summed E-state index contributed by atoms with van der Waals surface area (Å²) in [5.74, 6) is 0. The fraction of sp³-hybridized carbons (Fsp3) is 0.375. The Hall–Kier alpha value is -1.12. The molecule has 2 heteroatoms. The molecule has 1 N–H and O–H groups in total. The van der Waals surface area contributed by atoms with Gasteiger partial charge in [0.25, 0.3) is 0 Å². The summed E-state index contributed by atoms with van der Waals surface area (Å²) in [5.41, 5.74) is 1.32. The van der Waals surface area contributed by atoms with E-state index < -0.39 is 0 Å². The van der Waals surface area contributed by atoms with Crippen molar-refractivity contribution in [2.75, 3.05) is 6.54 Å². The molecule has 0 radical (unpaired) electrons. The molecule has 0 saturated carbocycles. The first-order valence-corrected chi connectivity index (χ1v) is 7.44. The maximum Gasteiger partial charge on any atom is 0.0452 e. The van der Waals surface area contributed by atoms with E-state index in [1.165, 1.54) is 20.5 Å². The van der Waals surface area contributed by atoms with Gasteiger partial charge in [-0.3, -0.25) is 0 Å². The largest absolute Gasteiger partial charge is 0.309 e. The van der Waals surface area contributed by atoms with Crippen molar-refractivity contribution in [1.29, 1.82) is 0 Å². The molecule has 0 aliphatic rings. The van der Waals surface area contributed by atoms with E-state index in [1.54, 1.807) is 0 Å². The van der Waals surface area contributed by atoms with E-state index >= 15 is 0 Å². The topological polar surface area (TPSA) is 12.0 Å². The van der Waals surface area contributed by atoms with Crippen LogP contribution in [0.25, 0.3) is 10.1 Å². The zero-order valence-corrected chi connectivity index (χ0v) is 12.0. The van der Waals surface area contributed by atoms with Crippen molar-refractivity contribution in [3.63, 3.8) is 0 Å². The lowest BCUT2D eigenvalue weighted by atomic mass is 10.0. The van der Waals surface area contributed by atoms with Crippen LogP contribution in [0, 0.1) is 0 Å². The van der Waals surface area contributed by atoms with Crippen molar-refractivity contribution in [3.05, 3.63) is 47.4 Å². The third-order valence-corrected chi connectivity index (χ3v) is 4.46. The summed E-state index contributed by atoms with van der Waals surface area (Å²) in [7, 11) is 0. The van der Waals surface area contributed by atoms with Crippen LogP contribution in [0.4, 0.5) is 0 Å². The molecule has 1 nitrogen and oxygen atoms in total. The summed E-state index contributed by atoms with van der Waals surface area (Å²) in [6.45, 7) is 9.47. The van der Waals surface area contributed by atoms with Gasteiger partial charge in [0.05, 0.1) is 0 Å². The Labute approximate surface area is 114 Å². The van der Waals surface area contributed by atoms with Crippen LogP contribution in [0.5, 0.6) is 0 Å². The minimum atomic E-state index is 0.417. The predicted octanol–water partition coefficient (Wildman–Crippen LogP) is 4.91. The Balaban J connectivity index is 2.26. The van der Waals surface area contributed by atoms with Gasteiger partial charge in [-0.15, -0.1) is 11.3 Å². The average Bonchev–Trinajstić information content (AvgIpc) is 2.81. The highest BCUT2D eigenvalue weighted by molar-refractivity contribution is 7.19. The zero-order chi connectivity index (χ0) is 13.0. The Morgan fingerprint density at radius 1 is 1.33 bits per heavy atom. The van der Waals surface area contributed by atoms with Crippen LogP contribution in [0.2, 0.25) is 0 Å². The first-order chi connectivity index (χ1) is 8.74. The van der Waals surface area contributed by atoms with Crippen LogP contribution in [-0.4, -0.2) is 6.54 Å². The minimum Gasteiger partial charge on any atom is -0.309 e. The molecule has 1 atom stereocenters. The van der Waals surface area contributed by atoms with E-state index in [0.717, 1.165) is 19.4 Å². The monoisotopic (exact) mass is 259 g/mol. The van der Waals surface area contributed by atoms with Crippen molar-refractivity contribution >= 4 is 21.4 Å². The highest BCUT2D eigenvalue weighted by atomic mass is 32.1. The fourth-order valence-corrected chi connectivity index (χ4v) is 3.27. The molecule has 1 unspecified atom stereocenters. The van der Waals surface area contributed by atoms with Crippen molar-refractivity contribution in [2.45, 2.75) is 32.7 Å². The van der Waals surface area contributed by atoms with Crippen molar-refractivity contribution in [2.24, 2.45) is 0 Å². The fourth-order valence-electron chi connectivity index (χ4n) is 2.13. The molecular formula is C16H21NS. The van der Waals surface area contributed by atoms with Crippen LogP contribution in [0.15, 0.2) is 42.5 Å². The van der Waals surface area contributed by atoms with Gasteiger partial charge in [0, 0.05) is 15.6 Å². The van der Waals surface area contributed by atoms with E-state index in [0.29, 0.717) is 6.04 Å². The Bertz CT molecular complexity index is 494. The molecule has 0 fully saturated rings. The summed E-state index contributed by atoms with van der Waals surface area (Å²) >= 11 is 1.89. The molecule has 96 valence electrons. The second kappa shape index (κ2) is 6.17. The third kappa shape index (κ3) is 3.01. The Morgan fingerprint density at radius 3 is 2.78 bits per heavy atom. The lowest BCUT2D eigenvalue weighted by Crippen LogP contribution is -2.20. The van der Waals surface area contributed by atoms with Crippen molar-refractivity contribution in [1.82, 2.24) is 5.32 Å². The van der Waals surface area contributed by atoms with Crippen LogP contribution >= 0.6 is 11.3 Å².